The number of amides is 1. The number of carbonyl (C=O) groups excluding carboxylic acids is 2. The molecule has 2 aromatic rings. The summed E-state index contributed by atoms with van der Waals surface area (Å²) in [6.45, 7) is 1.45. The third-order valence-electron chi connectivity index (χ3n) is 5.99. The molecule has 2 unspecified atom stereocenters. The molecule has 150 valence electrons. The smallest absolute Gasteiger partial charge is 0.310 e. The van der Waals surface area contributed by atoms with E-state index in [0.717, 1.165) is 66.8 Å². The SMILES string of the molecule is O=C(OCC(=O)N1CCCCCC1)C1CCCCC1c1nc2ccccc2s1. The number of hydrogen-bond acceptors (Lipinski definition) is 5. The fraction of sp³-hybridized carbons (Fsp3) is 0.591. The molecular formula is C22H28N2O3S. The van der Waals surface area contributed by atoms with Crippen LogP contribution in [0.2, 0.25) is 0 Å². The molecule has 0 bridgehead atoms. The standard InChI is InChI=1S/C22H28N2O3S/c25-20(24-13-7-1-2-8-14-24)15-27-22(26)17-10-4-3-9-16(17)21-23-18-11-5-6-12-19(18)28-21/h5-6,11-12,16-17H,1-4,7-10,13-15H2. The number of para-hydroxylation sites is 1. The van der Waals surface area contributed by atoms with E-state index in [-0.39, 0.29) is 30.3 Å². The molecule has 2 heterocycles. The Bertz CT molecular complexity index is 793. The van der Waals surface area contributed by atoms with Crippen LogP contribution in [0.3, 0.4) is 0 Å². The summed E-state index contributed by atoms with van der Waals surface area (Å²) in [4.78, 5) is 31.9. The van der Waals surface area contributed by atoms with Crippen LogP contribution in [0.5, 0.6) is 0 Å². The lowest BCUT2D eigenvalue weighted by molar-refractivity contribution is -0.157. The van der Waals surface area contributed by atoms with E-state index in [2.05, 4.69) is 6.07 Å². The van der Waals surface area contributed by atoms with Gasteiger partial charge < -0.3 is 9.64 Å². The van der Waals surface area contributed by atoms with Gasteiger partial charge in [0.05, 0.1) is 21.1 Å². The lowest BCUT2D eigenvalue weighted by Gasteiger charge is -2.28. The molecule has 5 nitrogen and oxygen atoms in total. The van der Waals surface area contributed by atoms with Crippen LogP contribution in [-0.2, 0) is 14.3 Å². The van der Waals surface area contributed by atoms with Gasteiger partial charge in [0.25, 0.3) is 5.91 Å². The maximum absolute atomic E-state index is 12.8. The van der Waals surface area contributed by atoms with Gasteiger partial charge in [-0.15, -0.1) is 11.3 Å². The number of thiazole rings is 1. The third-order valence-corrected chi connectivity index (χ3v) is 7.16. The highest BCUT2D eigenvalue weighted by Crippen LogP contribution is 2.41. The molecule has 28 heavy (non-hydrogen) atoms. The Hall–Kier alpha value is -1.95. The lowest BCUT2D eigenvalue weighted by atomic mass is 9.79. The zero-order valence-corrected chi connectivity index (χ0v) is 17.1. The Labute approximate surface area is 170 Å². The van der Waals surface area contributed by atoms with Gasteiger partial charge in [-0.2, -0.15) is 0 Å². The van der Waals surface area contributed by atoms with Crippen molar-refractivity contribution in [2.75, 3.05) is 19.7 Å². The van der Waals surface area contributed by atoms with Crippen LogP contribution < -0.4 is 0 Å². The predicted octanol–water partition coefficient (Wildman–Crippen LogP) is 4.52. The summed E-state index contributed by atoms with van der Waals surface area (Å²) in [6, 6.07) is 8.11. The molecule has 1 aromatic heterocycles. The van der Waals surface area contributed by atoms with Gasteiger partial charge in [0.1, 0.15) is 0 Å². The minimum Gasteiger partial charge on any atom is -0.455 e. The second-order valence-corrected chi connectivity index (χ2v) is 8.98. The highest BCUT2D eigenvalue weighted by atomic mass is 32.1. The van der Waals surface area contributed by atoms with Gasteiger partial charge in [-0.25, -0.2) is 4.98 Å². The fourth-order valence-corrected chi connectivity index (χ4v) is 5.58. The van der Waals surface area contributed by atoms with Crippen molar-refractivity contribution in [3.63, 3.8) is 0 Å². The molecule has 1 aliphatic heterocycles. The molecule has 0 N–H and O–H groups in total. The summed E-state index contributed by atoms with van der Waals surface area (Å²) in [6.07, 6.45) is 8.35. The molecule has 4 rings (SSSR count). The number of aromatic nitrogens is 1. The lowest BCUT2D eigenvalue weighted by Crippen LogP contribution is -2.37. The number of nitrogens with zero attached hydrogens (tertiary/aromatic N) is 2. The predicted molar refractivity (Wildman–Crippen MR) is 110 cm³/mol. The monoisotopic (exact) mass is 400 g/mol. The van der Waals surface area contributed by atoms with Gasteiger partial charge in [0.2, 0.25) is 0 Å². The second-order valence-electron chi connectivity index (χ2n) is 7.92. The van der Waals surface area contributed by atoms with Gasteiger partial charge in [0, 0.05) is 19.0 Å². The first-order valence-corrected chi connectivity index (χ1v) is 11.3. The number of esters is 1. The molecule has 1 aliphatic carbocycles. The van der Waals surface area contributed by atoms with Gasteiger partial charge >= 0.3 is 5.97 Å². The summed E-state index contributed by atoms with van der Waals surface area (Å²) in [5.41, 5.74) is 0.997. The highest BCUT2D eigenvalue weighted by molar-refractivity contribution is 7.18. The van der Waals surface area contributed by atoms with Crippen LogP contribution in [0, 0.1) is 5.92 Å². The molecule has 2 atom stereocenters. The molecule has 2 aliphatic rings. The third kappa shape index (κ3) is 4.37. The van der Waals surface area contributed by atoms with Crippen molar-refractivity contribution in [3.8, 4) is 0 Å². The van der Waals surface area contributed by atoms with Gasteiger partial charge in [0.15, 0.2) is 6.61 Å². The maximum atomic E-state index is 12.8. The van der Waals surface area contributed by atoms with Crippen LogP contribution >= 0.6 is 11.3 Å². The number of benzene rings is 1. The van der Waals surface area contributed by atoms with Crippen LogP contribution in [-0.4, -0.2) is 41.5 Å². The zero-order valence-electron chi connectivity index (χ0n) is 16.3. The van der Waals surface area contributed by atoms with Crippen molar-refractivity contribution in [2.45, 2.75) is 57.3 Å². The molecule has 6 heteroatoms. The quantitative estimate of drug-likeness (QED) is 0.708. The molecular weight excluding hydrogens is 372 g/mol. The summed E-state index contributed by atoms with van der Waals surface area (Å²) < 4.78 is 6.67. The summed E-state index contributed by atoms with van der Waals surface area (Å²) in [5.74, 6) is -0.368. The summed E-state index contributed by atoms with van der Waals surface area (Å²) in [7, 11) is 0. The van der Waals surface area contributed by atoms with Crippen LogP contribution in [0.4, 0.5) is 0 Å². The Morgan fingerprint density at radius 2 is 1.79 bits per heavy atom. The first kappa shape index (κ1) is 19.4. The largest absolute Gasteiger partial charge is 0.455 e. The van der Waals surface area contributed by atoms with E-state index in [1.54, 1.807) is 11.3 Å². The average Bonchev–Trinajstić information content (AvgIpc) is 2.97. The first-order chi connectivity index (χ1) is 13.7. The highest BCUT2D eigenvalue weighted by Gasteiger charge is 2.35. The number of likely N-dealkylation sites (tertiary alicyclic amines) is 1. The summed E-state index contributed by atoms with van der Waals surface area (Å²) in [5, 5.41) is 1.03. The minimum atomic E-state index is -0.230. The number of hydrogen-bond donors (Lipinski definition) is 0. The van der Waals surface area contributed by atoms with Gasteiger partial charge in [-0.05, 0) is 37.8 Å². The van der Waals surface area contributed by atoms with Crippen LogP contribution in [0.15, 0.2) is 24.3 Å². The molecule has 1 aromatic carbocycles. The van der Waals surface area contributed by atoms with Crippen molar-refractivity contribution in [1.29, 1.82) is 0 Å². The number of ether oxygens (including phenoxy) is 1. The van der Waals surface area contributed by atoms with Crippen molar-refractivity contribution in [2.24, 2.45) is 5.92 Å². The van der Waals surface area contributed by atoms with E-state index in [1.807, 2.05) is 23.1 Å². The Morgan fingerprint density at radius 1 is 1.04 bits per heavy atom. The molecule has 1 amide bonds. The van der Waals surface area contributed by atoms with Gasteiger partial charge in [-0.3, -0.25) is 9.59 Å². The van der Waals surface area contributed by atoms with E-state index in [9.17, 15) is 9.59 Å². The molecule has 1 saturated heterocycles. The number of rotatable bonds is 4. The zero-order chi connectivity index (χ0) is 19.3. The summed E-state index contributed by atoms with van der Waals surface area (Å²) >= 11 is 1.68. The van der Waals surface area contributed by atoms with E-state index < -0.39 is 0 Å². The van der Waals surface area contributed by atoms with Crippen molar-refractivity contribution in [3.05, 3.63) is 29.3 Å². The molecule has 0 spiro atoms. The van der Waals surface area contributed by atoms with Crippen LogP contribution in [0.1, 0.15) is 62.3 Å². The van der Waals surface area contributed by atoms with Crippen molar-refractivity contribution in [1.82, 2.24) is 9.88 Å². The first-order valence-electron chi connectivity index (χ1n) is 10.5. The van der Waals surface area contributed by atoms with E-state index in [1.165, 1.54) is 12.8 Å². The maximum Gasteiger partial charge on any atom is 0.310 e. The number of carbonyl (C=O) groups is 2. The van der Waals surface area contributed by atoms with E-state index >= 15 is 0 Å². The molecule has 2 fully saturated rings. The van der Waals surface area contributed by atoms with Crippen molar-refractivity contribution >= 4 is 33.4 Å². The Balaban J connectivity index is 1.40. The second kappa shape index (κ2) is 9.03. The van der Waals surface area contributed by atoms with Crippen LogP contribution in [0.25, 0.3) is 10.2 Å². The molecule has 0 radical (unpaired) electrons. The fourth-order valence-electron chi connectivity index (χ4n) is 4.41. The Morgan fingerprint density at radius 3 is 2.57 bits per heavy atom. The normalized spacial score (nSPS) is 23.4. The van der Waals surface area contributed by atoms with Crippen molar-refractivity contribution < 1.29 is 14.3 Å². The van der Waals surface area contributed by atoms with E-state index in [4.69, 9.17) is 9.72 Å². The Kier molecular flexibility index (Phi) is 6.25. The van der Waals surface area contributed by atoms with E-state index in [0.29, 0.717) is 0 Å². The number of fused-ring (bicyclic) bond motifs is 1. The molecule has 1 saturated carbocycles. The van der Waals surface area contributed by atoms with Gasteiger partial charge in [-0.1, -0.05) is 37.8 Å². The minimum absolute atomic E-state index is 0.0532. The topological polar surface area (TPSA) is 59.5 Å². The average molecular weight is 401 g/mol.